The Labute approximate surface area is 72.4 Å². The summed E-state index contributed by atoms with van der Waals surface area (Å²) in [4.78, 5) is 0. The number of ether oxygens (including phenoxy) is 1. The topological polar surface area (TPSA) is 33.0 Å². The van der Waals surface area contributed by atoms with Gasteiger partial charge in [0.25, 0.3) is 0 Å². The highest BCUT2D eigenvalue weighted by atomic mass is 16.5. The second kappa shape index (κ2) is 4.53. The fourth-order valence-electron chi connectivity index (χ4n) is 0.866. The molecule has 1 aromatic rings. The molecule has 1 aromatic carbocycles. The van der Waals surface area contributed by atoms with E-state index in [9.17, 15) is 0 Å². The van der Waals surface area contributed by atoms with Crippen LogP contribution in [0.3, 0.4) is 0 Å². The molecule has 0 saturated heterocycles. The Bertz CT molecular complexity index is 271. The van der Waals surface area contributed by atoms with Gasteiger partial charge < -0.3 is 4.74 Å². The highest BCUT2D eigenvalue weighted by Crippen LogP contribution is 2.04. The van der Waals surface area contributed by atoms with Crippen molar-refractivity contribution in [2.24, 2.45) is 0 Å². The molecule has 0 amide bonds. The molecule has 0 aromatic heterocycles. The number of benzene rings is 1. The lowest BCUT2D eigenvalue weighted by Gasteiger charge is -2.00. The summed E-state index contributed by atoms with van der Waals surface area (Å²) in [5.74, 6) is 0. The zero-order valence-corrected chi connectivity index (χ0v) is 6.79. The summed E-state index contributed by atoms with van der Waals surface area (Å²) < 4.78 is 5.10. The molecular weight excluding hydrogens is 150 g/mol. The van der Waals surface area contributed by atoms with Gasteiger partial charge in [0.2, 0.25) is 0 Å². The molecule has 0 aliphatic rings. The molecule has 2 heteroatoms. The molecule has 0 saturated carbocycles. The van der Waals surface area contributed by atoms with Crippen LogP contribution in [0.15, 0.2) is 24.3 Å². The van der Waals surface area contributed by atoms with Crippen molar-refractivity contribution in [3.05, 3.63) is 42.3 Å². The van der Waals surface area contributed by atoms with Gasteiger partial charge >= 0.3 is 0 Å². The third-order valence-electron chi connectivity index (χ3n) is 1.50. The van der Waals surface area contributed by atoms with Crippen LogP contribution in [0.2, 0.25) is 0 Å². The first-order valence-corrected chi connectivity index (χ1v) is 3.73. The molecule has 0 unspecified atom stereocenters. The maximum absolute atomic E-state index is 8.51. The van der Waals surface area contributed by atoms with Crippen LogP contribution in [0.4, 0.5) is 0 Å². The third kappa shape index (κ3) is 2.37. The lowest BCUT2D eigenvalue weighted by molar-refractivity contribution is 0.147. The Balaban J connectivity index is 2.60. The number of hydrogen-bond donors (Lipinski definition) is 0. The van der Waals surface area contributed by atoms with E-state index in [4.69, 9.17) is 10.00 Å². The van der Waals surface area contributed by atoms with Crippen molar-refractivity contribution in [3.8, 4) is 6.07 Å². The summed E-state index contributed by atoms with van der Waals surface area (Å²) in [6.07, 6.45) is 0. The Morgan fingerprint density at radius 1 is 1.33 bits per heavy atom. The van der Waals surface area contributed by atoms with E-state index in [1.54, 1.807) is 12.1 Å². The molecule has 0 aliphatic carbocycles. The van der Waals surface area contributed by atoms with Crippen LogP contribution in [-0.2, 0) is 11.3 Å². The summed E-state index contributed by atoms with van der Waals surface area (Å²) in [5.41, 5.74) is 1.74. The van der Waals surface area contributed by atoms with E-state index in [0.717, 1.165) is 5.56 Å². The monoisotopic (exact) mass is 160 g/mol. The van der Waals surface area contributed by atoms with Crippen LogP contribution in [0.25, 0.3) is 0 Å². The summed E-state index contributed by atoms with van der Waals surface area (Å²) in [6, 6.07) is 9.38. The summed E-state index contributed by atoms with van der Waals surface area (Å²) in [5, 5.41) is 8.51. The first-order valence-electron chi connectivity index (χ1n) is 3.73. The summed E-state index contributed by atoms with van der Waals surface area (Å²) in [6.45, 7) is 4.60. The molecule has 0 atom stereocenters. The largest absolute Gasteiger partial charge is 0.377 e. The average molecular weight is 160 g/mol. The predicted molar refractivity (Wildman–Crippen MR) is 46.2 cm³/mol. The van der Waals surface area contributed by atoms with Gasteiger partial charge in [0, 0.05) is 6.61 Å². The minimum Gasteiger partial charge on any atom is -0.377 e. The first kappa shape index (κ1) is 8.76. The number of hydrogen-bond acceptors (Lipinski definition) is 2. The van der Waals surface area contributed by atoms with Crippen molar-refractivity contribution in [1.82, 2.24) is 0 Å². The van der Waals surface area contributed by atoms with Crippen LogP contribution in [0.5, 0.6) is 0 Å². The molecule has 0 bridgehead atoms. The van der Waals surface area contributed by atoms with Crippen molar-refractivity contribution in [2.75, 3.05) is 6.61 Å². The number of rotatable bonds is 3. The number of nitriles is 1. The average Bonchev–Trinajstić information content (AvgIpc) is 2.15. The van der Waals surface area contributed by atoms with E-state index < -0.39 is 0 Å². The summed E-state index contributed by atoms with van der Waals surface area (Å²) in [7, 11) is 0. The lowest BCUT2D eigenvalue weighted by Crippen LogP contribution is -1.91. The Morgan fingerprint density at radius 3 is 2.50 bits per heavy atom. The maximum Gasteiger partial charge on any atom is 0.0991 e. The van der Waals surface area contributed by atoms with Crippen molar-refractivity contribution in [1.29, 1.82) is 5.26 Å². The van der Waals surface area contributed by atoms with E-state index in [0.29, 0.717) is 18.8 Å². The molecule has 61 valence electrons. The first-order chi connectivity index (χ1) is 5.86. The minimum atomic E-state index is 0.472. The van der Waals surface area contributed by atoms with Gasteiger partial charge in [0.1, 0.15) is 0 Å². The highest BCUT2D eigenvalue weighted by Gasteiger charge is 1.92. The van der Waals surface area contributed by atoms with Crippen LogP contribution in [0.1, 0.15) is 11.1 Å². The van der Waals surface area contributed by atoms with Gasteiger partial charge in [0.15, 0.2) is 0 Å². The van der Waals surface area contributed by atoms with Gasteiger partial charge in [-0.25, -0.2) is 0 Å². The predicted octanol–water partition coefficient (Wildman–Crippen LogP) is 1.91. The van der Waals surface area contributed by atoms with Crippen LogP contribution < -0.4 is 0 Å². The maximum atomic E-state index is 8.51. The quantitative estimate of drug-likeness (QED) is 0.676. The zero-order valence-electron chi connectivity index (χ0n) is 6.79. The SMILES string of the molecule is [CH2]COCc1ccc(C#N)cc1. The van der Waals surface area contributed by atoms with Gasteiger partial charge in [-0.05, 0) is 24.6 Å². The van der Waals surface area contributed by atoms with Crippen LogP contribution in [-0.4, -0.2) is 6.61 Å². The smallest absolute Gasteiger partial charge is 0.0991 e. The third-order valence-corrected chi connectivity index (χ3v) is 1.50. The minimum absolute atomic E-state index is 0.472. The van der Waals surface area contributed by atoms with E-state index in [-0.39, 0.29) is 0 Å². The molecule has 0 spiro atoms. The van der Waals surface area contributed by atoms with Crippen LogP contribution >= 0.6 is 0 Å². The molecule has 12 heavy (non-hydrogen) atoms. The Morgan fingerprint density at radius 2 is 2.00 bits per heavy atom. The molecule has 1 rings (SSSR count). The number of nitrogens with zero attached hydrogens (tertiary/aromatic N) is 1. The Kier molecular flexibility index (Phi) is 3.31. The van der Waals surface area contributed by atoms with E-state index in [2.05, 4.69) is 13.0 Å². The standard InChI is InChI=1S/C10H10NO/c1-2-12-8-10-5-3-9(7-11)4-6-10/h3-6H,1-2,8H2. The van der Waals surface area contributed by atoms with E-state index in [1.807, 2.05) is 12.1 Å². The second-order valence-electron chi connectivity index (χ2n) is 2.36. The zero-order chi connectivity index (χ0) is 8.81. The van der Waals surface area contributed by atoms with Crippen molar-refractivity contribution in [2.45, 2.75) is 6.61 Å². The fourth-order valence-corrected chi connectivity index (χ4v) is 0.866. The highest BCUT2D eigenvalue weighted by molar-refractivity contribution is 5.31. The van der Waals surface area contributed by atoms with Gasteiger partial charge in [0.05, 0.1) is 18.2 Å². The molecule has 0 heterocycles. The second-order valence-corrected chi connectivity index (χ2v) is 2.36. The van der Waals surface area contributed by atoms with Gasteiger partial charge in [-0.3, -0.25) is 0 Å². The molecule has 0 N–H and O–H groups in total. The van der Waals surface area contributed by atoms with Crippen LogP contribution in [0, 0.1) is 18.3 Å². The van der Waals surface area contributed by atoms with Crippen molar-refractivity contribution >= 4 is 0 Å². The van der Waals surface area contributed by atoms with E-state index >= 15 is 0 Å². The van der Waals surface area contributed by atoms with Gasteiger partial charge in [-0.15, -0.1) is 0 Å². The normalized spacial score (nSPS) is 9.33. The fraction of sp³-hybridized carbons (Fsp3) is 0.200. The van der Waals surface area contributed by atoms with Gasteiger partial charge in [-0.1, -0.05) is 12.1 Å². The molecule has 0 aliphatic heterocycles. The summed E-state index contributed by atoms with van der Waals surface area (Å²) >= 11 is 0. The molecular formula is C10H10NO. The van der Waals surface area contributed by atoms with Crippen molar-refractivity contribution < 1.29 is 4.74 Å². The lowest BCUT2D eigenvalue weighted by atomic mass is 10.2. The van der Waals surface area contributed by atoms with Crippen molar-refractivity contribution in [3.63, 3.8) is 0 Å². The van der Waals surface area contributed by atoms with E-state index in [1.165, 1.54) is 0 Å². The van der Waals surface area contributed by atoms with Gasteiger partial charge in [-0.2, -0.15) is 5.26 Å². The molecule has 0 fully saturated rings. The molecule has 1 radical (unpaired) electrons. The molecule has 2 nitrogen and oxygen atoms in total. The Hall–Kier alpha value is -1.33.